The van der Waals surface area contributed by atoms with E-state index in [2.05, 4.69) is 9.97 Å². The lowest BCUT2D eigenvalue weighted by atomic mass is 10.3. The van der Waals surface area contributed by atoms with Crippen molar-refractivity contribution < 1.29 is 0 Å². The second-order valence-electron chi connectivity index (χ2n) is 2.99. The predicted molar refractivity (Wildman–Crippen MR) is 56.4 cm³/mol. The van der Waals surface area contributed by atoms with E-state index in [0.29, 0.717) is 12.4 Å². The summed E-state index contributed by atoms with van der Waals surface area (Å²) < 4.78 is 0. The molecule has 0 aliphatic carbocycles. The van der Waals surface area contributed by atoms with Gasteiger partial charge in [0.2, 0.25) is 0 Å². The Labute approximate surface area is 83.0 Å². The maximum Gasteiger partial charge on any atom is 0.252 e. The van der Waals surface area contributed by atoms with Crippen molar-refractivity contribution in [2.24, 2.45) is 5.73 Å². The molecule has 0 bridgehead atoms. The molecule has 0 saturated carbocycles. The maximum atomic E-state index is 11.0. The van der Waals surface area contributed by atoms with E-state index >= 15 is 0 Å². The van der Waals surface area contributed by atoms with Gasteiger partial charge >= 0.3 is 0 Å². The molecule has 0 aliphatic heterocycles. The summed E-state index contributed by atoms with van der Waals surface area (Å²) in [5.74, 6) is 0.713. The summed E-state index contributed by atoms with van der Waals surface area (Å²) in [7, 11) is 0. The number of rotatable bonds is 5. The number of nitrogens with zero attached hydrogens (tertiary/aromatic N) is 2. The lowest BCUT2D eigenvalue weighted by Crippen LogP contribution is -2.27. The van der Waals surface area contributed by atoms with Gasteiger partial charge in [0.15, 0.2) is 0 Å². The number of aromatic nitrogens is 2. The van der Waals surface area contributed by atoms with Crippen LogP contribution >= 0.6 is 0 Å². The summed E-state index contributed by atoms with van der Waals surface area (Å²) in [6.07, 6.45) is 2.32. The quantitative estimate of drug-likeness (QED) is 0.692. The fourth-order valence-corrected chi connectivity index (χ4v) is 1.25. The van der Waals surface area contributed by atoms with Crippen molar-refractivity contribution in [3.8, 4) is 0 Å². The van der Waals surface area contributed by atoms with Crippen molar-refractivity contribution >= 4 is 5.82 Å². The van der Waals surface area contributed by atoms with Crippen LogP contribution in [0.4, 0.5) is 5.82 Å². The maximum absolute atomic E-state index is 11.0. The van der Waals surface area contributed by atoms with Crippen LogP contribution in [-0.2, 0) is 0 Å². The van der Waals surface area contributed by atoms with Crippen molar-refractivity contribution in [3.05, 3.63) is 22.7 Å². The van der Waals surface area contributed by atoms with Gasteiger partial charge in [-0.1, -0.05) is 0 Å². The van der Waals surface area contributed by atoms with E-state index in [0.717, 1.165) is 19.5 Å². The van der Waals surface area contributed by atoms with Crippen LogP contribution in [0.2, 0.25) is 0 Å². The Kier molecular flexibility index (Phi) is 4.12. The van der Waals surface area contributed by atoms with E-state index in [1.54, 1.807) is 0 Å². The lowest BCUT2D eigenvalue weighted by molar-refractivity contribution is 0.742. The van der Waals surface area contributed by atoms with Crippen LogP contribution in [0.15, 0.2) is 17.2 Å². The zero-order valence-corrected chi connectivity index (χ0v) is 8.36. The molecule has 5 nitrogen and oxygen atoms in total. The Bertz CT molecular complexity index is 323. The molecule has 14 heavy (non-hydrogen) atoms. The minimum Gasteiger partial charge on any atom is -0.357 e. The third-order valence-electron chi connectivity index (χ3n) is 2.00. The first-order valence-electron chi connectivity index (χ1n) is 4.77. The summed E-state index contributed by atoms with van der Waals surface area (Å²) in [5, 5.41) is 0. The first-order valence-corrected chi connectivity index (χ1v) is 4.77. The highest BCUT2D eigenvalue weighted by atomic mass is 16.1. The van der Waals surface area contributed by atoms with E-state index in [-0.39, 0.29) is 5.56 Å². The molecule has 1 heterocycles. The molecule has 0 amide bonds. The monoisotopic (exact) mass is 196 g/mol. The Morgan fingerprint density at radius 2 is 2.43 bits per heavy atom. The van der Waals surface area contributed by atoms with Gasteiger partial charge in [-0.3, -0.25) is 4.79 Å². The standard InChI is InChI=1S/C9H16N4O/c1-2-13(5-3-4-10)8-6-9(14)12-7-11-8/h6-7H,2-5,10H2,1H3,(H,11,12,14). The Hall–Kier alpha value is -1.36. The zero-order chi connectivity index (χ0) is 10.4. The molecule has 0 spiro atoms. The van der Waals surface area contributed by atoms with Crippen LogP contribution in [0.3, 0.4) is 0 Å². The van der Waals surface area contributed by atoms with Crippen molar-refractivity contribution in [2.75, 3.05) is 24.5 Å². The van der Waals surface area contributed by atoms with Crippen LogP contribution in [0.1, 0.15) is 13.3 Å². The molecular formula is C9H16N4O. The Morgan fingerprint density at radius 3 is 3.00 bits per heavy atom. The molecule has 0 atom stereocenters. The number of H-pyrrole nitrogens is 1. The van der Waals surface area contributed by atoms with Crippen LogP contribution in [-0.4, -0.2) is 29.6 Å². The third kappa shape index (κ3) is 2.85. The smallest absolute Gasteiger partial charge is 0.252 e. The highest BCUT2D eigenvalue weighted by Crippen LogP contribution is 2.05. The van der Waals surface area contributed by atoms with Crippen LogP contribution in [0.5, 0.6) is 0 Å². The molecule has 0 unspecified atom stereocenters. The van der Waals surface area contributed by atoms with Gasteiger partial charge in [0.25, 0.3) is 5.56 Å². The van der Waals surface area contributed by atoms with Gasteiger partial charge in [0.05, 0.1) is 6.33 Å². The minimum atomic E-state index is -0.124. The molecular weight excluding hydrogens is 180 g/mol. The molecule has 0 fully saturated rings. The van der Waals surface area contributed by atoms with Crippen LogP contribution < -0.4 is 16.2 Å². The summed E-state index contributed by atoms with van der Waals surface area (Å²) in [5.41, 5.74) is 5.30. The molecule has 1 aromatic rings. The van der Waals surface area contributed by atoms with E-state index in [4.69, 9.17) is 5.73 Å². The van der Waals surface area contributed by atoms with Crippen molar-refractivity contribution in [1.29, 1.82) is 0 Å². The number of aromatic amines is 1. The number of nitrogens with two attached hydrogens (primary N) is 1. The number of hydrogen-bond donors (Lipinski definition) is 2. The van der Waals surface area contributed by atoms with E-state index in [1.165, 1.54) is 12.4 Å². The van der Waals surface area contributed by atoms with Gasteiger partial charge in [0, 0.05) is 19.2 Å². The van der Waals surface area contributed by atoms with Gasteiger partial charge in [-0.2, -0.15) is 0 Å². The third-order valence-corrected chi connectivity index (χ3v) is 2.00. The van der Waals surface area contributed by atoms with Crippen LogP contribution in [0.25, 0.3) is 0 Å². The normalized spacial score (nSPS) is 10.1. The van der Waals surface area contributed by atoms with E-state index < -0.39 is 0 Å². The highest BCUT2D eigenvalue weighted by Gasteiger charge is 2.04. The number of anilines is 1. The average molecular weight is 196 g/mol. The molecule has 78 valence electrons. The molecule has 1 aromatic heterocycles. The van der Waals surface area contributed by atoms with Gasteiger partial charge in [0.1, 0.15) is 5.82 Å². The predicted octanol–water partition coefficient (Wildman–Crippen LogP) is -0.0550. The van der Waals surface area contributed by atoms with Crippen molar-refractivity contribution in [1.82, 2.24) is 9.97 Å². The molecule has 0 saturated heterocycles. The van der Waals surface area contributed by atoms with Gasteiger partial charge in [-0.15, -0.1) is 0 Å². The zero-order valence-electron chi connectivity index (χ0n) is 8.36. The number of nitrogens with one attached hydrogen (secondary N) is 1. The lowest BCUT2D eigenvalue weighted by Gasteiger charge is -2.20. The van der Waals surface area contributed by atoms with Crippen molar-refractivity contribution in [3.63, 3.8) is 0 Å². The molecule has 0 aliphatic rings. The largest absolute Gasteiger partial charge is 0.357 e. The highest BCUT2D eigenvalue weighted by molar-refractivity contribution is 5.35. The first kappa shape index (κ1) is 10.7. The summed E-state index contributed by atoms with van der Waals surface area (Å²) in [6.45, 7) is 4.35. The minimum absolute atomic E-state index is 0.124. The summed E-state index contributed by atoms with van der Waals surface area (Å²) in [4.78, 5) is 19.6. The summed E-state index contributed by atoms with van der Waals surface area (Å²) >= 11 is 0. The first-order chi connectivity index (χ1) is 6.77. The van der Waals surface area contributed by atoms with Crippen LogP contribution in [0, 0.1) is 0 Å². The molecule has 0 aromatic carbocycles. The SMILES string of the molecule is CCN(CCCN)c1cc(=O)[nH]cn1. The van der Waals surface area contributed by atoms with Gasteiger partial charge in [-0.25, -0.2) is 4.98 Å². The average Bonchev–Trinajstić information content (AvgIpc) is 2.19. The molecule has 5 heteroatoms. The van der Waals surface area contributed by atoms with Crippen molar-refractivity contribution in [2.45, 2.75) is 13.3 Å². The Balaban J connectivity index is 2.73. The number of hydrogen-bond acceptors (Lipinski definition) is 4. The fourth-order valence-electron chi connectivity index (χ4n) is 1.25. The van der Waals surface area contributed by atoms with E-state index in [1.807, 2.05) is 11.8 Å². The molecule has 3 N–H and O–H groups in total. The Morgan fingerprint density at radius 1 is 1.64 bits per heavy atom. The topological polar surface area (TPSA) is 75.0 Å². The van der Waals surface area contributed by atoms with Gasteiger partial charge in [-0.05, 0) is 19.9 Å². The molecule has 0 radical (unpaired) electrons. The van der Waals surface area contributed by atoms with Gasteiger partial charge < -0.3 is 15.6 Å². The second-order valence-corrected chi connectivity index (χ2v) is 2.99. The van der Waals surface area contributed by atoms with E-state index in [9.17, 15) is 4.79 Å². The summed E-state index contributed by atoms with van der Waals surface area (Å²) in [6, 6.07) is 1.50. The molecule has 1 rings (SSSR count). The second kappa shape index (κ2) is 5.39. The fraction of sp³-hybridized carbons (Fsp3) is 0.556.